The molecular weight excluding hydrogens is 450 g/mol. The maximum atomic E-state index is 14.0. The van der Waals surface area contributed by atoms with Crippen molar-refractivity contribution in [3.63, 3.8) is 0 Å². The van der Waals surface area contributed by atoms with E-state index in [1.54, 1.807) is 6.26 Å². The molecule has 1 saturated carbocycles. The zero-order chi connectivity index (χ0) is 25.0. The van der Waals surface area contributed by atoms with Gasteiger partial charge in [-0.2, -0.15) is 0 Å². The van der Waals surface area contributed by atoms with Crippen LogP contribution in [0.15, 0.2) is 65.3 Å². The van der Waals surface area contributed by atoms with Gasteiger partial charge in [0.25, 0.3) is 5.91 Å². The van der Waals surface area contributed by atoms with Crippen molar-refractivity contribution < 1.29 is 14.0 Å². The number of nitrogens with one attached hydrogen (secondary N) is 1. The first-order valence-corrected chi connectivity index (χ1v) is 13.5. The van der Waals surface area contributed by atoms with Crippen molar-refractivity contribution in [3.05, 3.63) is 72.1 Å². The minimum absolute atomic E-state index is 0.0501. The molecule has 190 valence electrons. The van der Waals surface area contributed by atoms with E-state index in [1.165, 1.54) is 24.8 Å². The summed E-state index contributed by atoms with van der Waals surface area (Å²) < 4.78 is 7.61. The molecule has 0 spiro atoms. The first kappa shape index (κ1) is 24.4. The molecule has 0 radical (unpaired) electrons. The third-order valence-electron chi connectivity index (χ3n) is 7.90. The number of nitrogens with zero attached hydrogens (tertiary/aromatic N) is 2. The number of aryl methyl sites for hydroxylation is 1. The Morgan fingerprint density at radius 3 is 2.42 bits per heavy atom. The van der Waals surface area contributed by atoms with Crippen molar-refractivity contribution in [2.24, 2.45) is 0 Å². The molecule has 2 aromatic heterocycles. The van der Waals surface area contributed by atoms with E-state index in [9.17, 15) is 9.59 Å². The molecule has 2 amide bonds. The van der Waals surface area contributed by atoms with Crippen LogP contribution in [0.25, 0.3) is 11.5 Å². The van der Waals surface area contributed by atoms with Gasteiger partial charge in [0.15, 0.2) is 0 Å². The minimum atomic E-state index is -0.983. The fourth-order valence-electron chi connectivity index (χ4n) is 5.79. The number of benzene rings is 1. The van der Waals surface area contributed by atoms with Gasteiger partial charge in [-0.15, -0.1) is 0 Å². The molecule has 1 N–H and O–H groups in total. The molecule has 6 heteroatoms. The summed E-state index contributed by atoms with van der Waals surface area (Å²) in [5.74, 6) is 0.558. The Hall–Kier alpha value is -3.28. The zero-order valence-electron chi connectivity index (χ0n) is 21.2. The quantitative estimate of drug-likeness (QED) is 0.456. The summed E-state index contributed by atoms with van der Waals surface area (Å²) in [5, 5.41) is 3.36. The molecule has 1 aromatic carbocycles. The molecular formula is C30H37N3O3. The van der Waals surface area contributed by atoms with Crippen LogP contribution in [0.1, 0.15) is 74.3 Å². The van der Waals surface area contributed by atoms with E-state index >= 15 is 0 Å². The van der Waals surface area contributed by atoms with E-state index in [0.29, 0.717) is 24.5 Å². The number of hydrogen-bond donors (Lipinski definition) is 1. The molecule has 2 aliphatic rings. The Labute approximate surface area is 213 Å². The van der Waals surface area contributed by atoms with Crippen LogP contribution >= 0.6 is 0 Å². The first-order chi connectivity index (χ1) is 17.6. The van der Waals surface area contributed by atoms with Crippen LogP contribution in [0.2, 0.25) is 0 Å². The highest BCUT2D eigenvalue weighted by atomic mass is 16.3. The molecule has 36 heavy (non-hydrogen) atoms. The summed E-state index contributed by atoms with van der Waals surface area (Å²) in [6, 6.07) is 18.0. The first-order valence-electron chi connectivity index (χ1n) is 13.5. The summed E-state index contributed by atoms with van der Waals surface area (Å²) >= 11 is 0. The Morgan fingerprint density at radius 2 is 1.69 bits per heavy atom. The highest BCUT2D eigenvalue weighted by Crippen LogP contribution is 2.34. The molecule has 3 heterocycles. The number of amides is 2. The van der Waals surface area contributed by atoms with E-state index in [2.05, 4.69) is 17.4 Å². The Balaban J connectivity index is 1.41. The number of aromatic nitrogens is 1. The van der Waals surface area contributed by atoms with Gasteiger partial charge in [0.05, 0.1) is 18.5 Å². The van der Waals surface area contributed by atoms with E-state index in [-0.39, 0.29) is 17.9 Å². The molecule has 6 nitrogen and oxygen atoms in total. The third kappa shape index (κ3) is 4.99. The standard InChI is InChI=1S/C30H37N3O3/c1-30(29(35)31-24-15-8-3-2-4-9-16-24)22-32-25(27-17-11-21-36-27)18-19-26(32)28(34)33(30)20-10-14-23-12-6-5-7-13-23/h5-7,11-13,17-19,21,24H,2-4,8-10,14-16,20,22H2,1H3,(H,31,35). The van der Waals surface area contributed by atoms with Crippen LogP contribution < -0.4 is 5.32 Å². The Kier molecular flexibility index (Phi) is 7.30. The van der Waals surface area contributed by atoms with Gasteiger partial charge in [0.1, 0.15) is 17.0 Å². The smallest absolute Gasteiger partial charge is 0.271 e. The summed E-state index contributed by atoms with van der Waals surface area (Å²) in [5.41, 5.74) is 1.70. The van der Waals surface area contributed by atoms with Crippen molar-refractivity contribution >= 4 is 11.8 Å². The lowest BCUT2D eigenvalue weighted by Gasteiger charge is -2.45. The van der Waals surface area contributed by atoms with E-state index < -0.39 is 5.54 Å². The lowest BCUT2D eigenvalue weighted by atomic mass is 9.91. The second-order valence-corrected chi connectivity index (χ2v) is 10.5. The molecule has 1 atom stereocenters. The van der Waals surface area contributed by atoms with Gasteiger partial charge < -0.3 is 19.2 Å². The molecule has 1 unspecified atom stereocenters. The van der Waals surface area contributed by atoms with Gasteiger partial charge in [-0.1, -0.05) is 62.4 Å². The van der Waals surface area contributed by atoms with Gasteiger partial charge >= 0.3 is 0 Å². The predicted octanol–water partition coefficient (Wildman–Crippen LogP) is 5.82. The predicted molar refractivity (Wildman–Crippen MR) is 141 cm³/mol. The zero-order valence-corrected chi connectivity index (χ0v) is 21.2. The average Bonchev–Trinajstić information content (AvgIpc) is 3.53. The van der Waals surface area contributed by atoms with E-state index in [4.69, 9.17) is 4.42 Å². The second kappa shape index (κ2) is 10.8. The van der Waals surface area contributed by atoms with Crippen molar-refractivity contribution in [2.45, 2.75) is 82.8 Å². The number of fused-ring (bicyclic) bond motifs is 1. The second-order valence-electron chi connectivity index (χ2n) is 10.5. The maximum absolute atomic E-state index is 14.0. The van der Waals surface area contributed by atoms with Crippen molar-refractivity contribution in [1.82, 2.24) is 14.8 Å². The minimum Gasteiger partial charge on any atom is -0.463 e. The summed E-state index contributed by atoms with van der Waals surface area (Å²) in [6.07, 6.45) is 11.4. The van der Waals surface area contributed by atoms with Crippen LogP contribution in [-0.4, -0.2) is 39.4 Å². The number of furan rings is 1. The fraction of sp³-hybridized carbons (Fsp3) is 0.467. The lowest BCUT2D eigenvalue weighted by Crippen LogP contribution is -2.65. The lowest BCUT2D eigenvalue weighted by molar-refractivity contribution is -0.133. The van der Waals surface area contributed by atoms with Gasteiger partial charge in [-0.25, -0.2) is 0 Å². The molecule has 1 fully saturated rings. The van der Waals surface area contributed by atoms with Crippen LogP contribution in [0.5, 0.6) is 0 Å². The monoisotopic (exact) mass is 487 g/mol. The Morgan fingerprint density at radius 1 is 0.972 bits per heavy atom. The number of carbonyl (C=O) groups excluding carboxylic acids is 2. The average molecular weight is 488 g/mol. The van der Waals surface area contributed by atoms with Crippen LogP contribution in [0.3, 0.4) is 0 Å². The third-order valence-corrected chi connectivity index (χ3v) is 7.90. The Bertz CT molecular complexity index is 1160. The van der Waals surface area contributed by atoms with Gasteiger partial charge in [0, 0.05) is 12.6 Å². The molecule has 1 aliphatic heterocycles. The van der Waals surface area contributed by atoms with Crippen molar-refractivity contribution in [1.29, 1.82) is 0 Å². The topological polar surface area (TPSA) is 67.5 Å². The van der Waals surface area contributed by atoms with Gasteiger partial charge in [0.2, 0.25) is 5.91 Å². The van der Waals surface area contributed by atoms with E-state index in [1.807, 2.05) is 58.9 Å². The number of hydrogen-bond acceptors (Lipinski definition) is 3. The van der Waals surface area contributed by atoms with E-state index in [0.717, 1.165) is 44.2 Å². The molecule has 5 rings (SSSR count). The summed E-state index contributed by atoms with van der Waals surface area (Å²) in [4.78, 5) is 29.6. The number of carbonyl (C=O) groups is 2. The van der Waals surface area contributed by atoms with Gasteiger partial charge in [-0.05, 0) is 62.4 Å². The molecule has 3 aromatic rings. The maximum Gasteiger partial charge on any atom is 0.271 e. The highest BCUT2D eigenvalue weighted by molar-refractivity contribution is 6.00. The fourth-order valence-corrected chi connectivity index (χ4v) is 5.79. The molecule has 0 saturated heterocycles. The summed E-state index contributed by atoms with van der Waals surface area (Å²) in [6.45, 7) is 2.87. The molecule has 1 aliphatic carbocycles. The largest absolute Gasteiger partial charge is 0.463 e. The number of rotatable bonds is 7. The normalized spacial score (nSPS) is 21.0. The molecule has 0 bridgehead atoms. The van der Waals surface area contributed by atoms with Crippen LogP contribution in [0.4, 0.5) is 0 Å². The van der Waals surface area contributed by atoms with Gasteiger partial charge in [-0.3, -0.25) is 9.59 Å². The SMILES string of the molecule is CC1(C(=O)NC2CCCCCCC2)Cn2c(ccc2-c2ccco2)C(=O)N1CCCc1ccccc1. The van der Waals surface area contributed by atoms with Crippen LogP contribution in [-0.2, 0) is 17.8 Å². The van der Waals surface area contributed by atoms with Crippen molar-refractivity contribution in [3.8, 4) is 11.5 Å². The van der Waals surface area contributed by atoms with Crippen LogP contribution in [0, 0.1) is 0 Å². The summed E-state index contributed by atoms with van der Waals surface area (Å²) in [7, 11) is 0. The van der Waals surface area contributed by atoms with Crippen molar-refractivity contribution in [2.75, 3.05) is 6.54 Å². The highest BCUT2D eigenvalue weighted by Gasteiger charge is 2.48.